The molecule has 1 unspecified atom stereocenters. The van der Waals surface area contributed by atoms with E-state index in [0.29, 0.717) is 38.0 Å². The van der Waals surface area contributed by atoms with Crippen LogP contribution in [0.1, 0.15) is 18.4 Å². The molecule has 0 bridgehead atoms. The second-order valence-electron chi connectivity index (χ2n) is 8.92. The predicted molar refractivity (Wildman–Crippen MR) is 124 cm³/mol. The van der Waals surface area contributed by atoms with E-state index in [0.717, 1.165) is 55.2 Å². The summed E-state index contributed by atoms with van der Waals surface area (Å²) in [6.45, 7) is 5.27. The lowest BCUT2D eigenvalue weighted by Gasteiger charge is -2.45. The monoisotopic (exact) mass is 453 g/mol. The third-order valence-electron chi connectivity index (χ3n) is 6.68. The predicted octanol–water partition coefficient (Wildman–Crippen LogP) is 1.20. The number of aliphatic hydroxyl groups is 1. The molecule has 3 aliphatic heterocycles. The number of carbonyl (C=O) groups excluding carboxylic acids is 1. The third kappa shape index (κ3) is 4.95. The Balaban J connectivity index is 1.35. The first kappa shape index (κ1) is 22.1. The molecule has 1 aromatic carbocycles. The van der Waals surface area contributed by atoms with Gasteiger partial charge >= 0.3 is 0 Å². The number of rotatable bonds is 6. The number of hydrogen-bond acceptors (Lipinski definition) is 8. The molecular weight excluding hydrogens is 422 g/mol. The lowest BCUT2D eigenvalue weighted by molar-refractivity contribution is -0.120. The van der Waals surface area contributed by atoms with Gasteiger partial charge in [0.05, 0.1) is 44.3 Å². The van der Waals surface area contributed by atoms with Crippen molar-refractivity contribution < 1.29 is 19.4 Å². The second-order valence-corrected chi connectivity index (χ2v) is 8.92. The number of amides is 1. The first-order valence-electron chi connectivity index (χ1n) is 11.7. The SMILES string of the molecule is O=C(CN1CC2COCCN2c2nc(-c3ccc(CO)cc3)ncc21)NCC1CCOCC1. The van der Waals surface area contributed by atoms with E-state index in [9.17, 15) is 9.90 Å². The van der Waals surface area contributed by atoms with Gasteiger partial charge in [-0.15, -0.1) is 0 Å². The quantitative estimate of drug-likeness (QED) is 0.673. The zero-order valence-corrected chi connectivity index (χ0v) is 18.8. The third-order valence-corrected chi connectivity index (χ3v) is 6.68. The Kier molecular flexibility index (Phi) is 6.70. The molecule has 0 saturated carbocycles. The van der Waals surface area contributed by atoms with Crippen molar-refractivity contribution in [1.29, 1.82) is 0 Å². The Bertz CT molecular complexity index is 964. The van der Waals surface area contributed by atoms with E-state index >= 15 is 0 Å². The Morgan fingerprint density at radius 1 is 1.15 bits per heavy atom. The summed E-state index contributed by atoms with van der Waals surface area (Å²) < 4.78 is 11.1. The van der Waals surface area contributed by atoms with Crippen molar-refractivity contribution in [1.82, 2.24) is 15.3 Å². The number of aliphatic hydroxyl groups excluding tert-OH is 1. The zero-order valence-electron chi connectivity index (χ0n) is 18.8. The van der Waals surface area contributed by atoms with E-state index in [1.165, 1.54) is 0 Å². The van der Waals surface area contributed by atoms with Crippen molar-refractivity contribution in [3.05, 3.63) is 36.0 Å². The van der Waals surface area contributed by atoms with Crippen molar-refractivity contribution in [2.75, 3.05) is 62.4 Å². The summed E-state index contributed by atoms with van der Waals surface area (Å²) in [6, 6.07) is 7.76. The van der Waals surface area contributed by atoms with Gasteiger partial charge in [0.15, 0.2) is 11.6 Å². The van der Waals surface area contributed by atoms with Crippen molar-refractivity contribution in [3.8, 4) is 11.4 Å². The van der Waals surface area contributed by atoms with E-state index < -0.39 is 0 Å². The van der Waals surface area contributed by atoms with Crippen LogP contribution in [-0.2, 0) is 20.9 Å². The molecule has 1 amide bonds. The van der Waals surface area contributed by atoms with Gasteiger partial charge in [-0.2, -0.15) is 0 Å². The maximum absolute atomic E-state index is 12.8. The lowest BCUT2D eigenvalue weighted by atomic mass is 10.0. The minimum absolute atomic E-state index is 0.00628. The molecule has 9 heteroatoms. The summed E-state index contributed by atoms with van der Waals surface area (Å²) in [4.78, 5) is 26.7. The van der Waals surface area contributed by atoms with E-state index in [2.05, 4.69) is 20.1 Å². The molecule has 2 N–H and O–H groups in total. The average Bonchev–Trinajstić information content (AvgIpc) is 2.88. The second kappa shape index (κ2) is 10.0. The van der Waals surface area contributed by atoms with Gasteiger partial charge in [0, 0.05) is 38.4 Å². The minimum Gasteiger partial charge on any atom is -0.392 e. The summed E-state index contributed by atoms with van der Waals surface area (Å²) in [5.41, 5.74) is 2.62. The molecule has 0 spiro atoms. The smallest absolute Gasteiger partial charge is 0.239 e. The Morgan fingerprint density at radius 2 is 1.97 bits per heavy atom. The molecule has 1 aromatic heterocycles. The number of nitrogens with zero attached hydrogens (tertiary/aromatic N) is 4. The molecule has 33 heavy (non-hydrogen) atoms. The van der Waals surface area contributed by atoms with Crippen LogP contribution in [-0.4, -0.2) is 79.6 Å². The van der Waals surface area contributed by atoms with Crippen LogP contribution < -0.4 is 15.1 Å². The fourth-order valence-electron chi connectivity index (χ4n) is 4.72. The van der Waals surface area contributed by atoms with Gasteiger partial charge in [-0.3, -0.25) is 4.79 Å². The number of aromatic nitrogens is 2. The Hall–Kier alpha value is -2.75. The highest BCUT2D eigenvalue weighted by atomic mass is 16.5. The molecule has 4 heterocycles. The topological polar surface area (TPSA) is 100 Å². The lowest BCUT2D eigenvalue weighted by Crippen LogP contribution is -2.57. The average molecular weight is 454 g/mol. The van der Waals surface area contributed by atoms with E-state index in [1.54, 1.807) is 0 Å². The maximum Gasteiger partial charge on any atom is 0.239 e. The van der Waals surface area contributed by atoms with Crippen LogP contribution in [0, 0.1) is 5.92 Å². The van der Waals surface area contributed by atoms with Crippen LogP contribution in [0.25, 0.3) is 11.4 Å². The number of fused-ring (bicyclic) bond motifs is 3. The maximum atomic E-state index is 12.8. The van der Waals surface area contributed by atoms with Gasteiger partial charge in [-0.1, -0.05) is 24.3 Å². The standard InChI is InChI=1S/C24H31N5O4/c30-15-18-1-3-19(4-2-18)23-26-12-21-24(27-23)29-7-10-33-16-20(29)13-28(21)14-22(31)25-11-17-5-8-32-9-6-17/h1-4,12,17,20,30H,5-11,13-16H2,(H,25,31). The highest BCUT2D eigenvalue weighted by Crippen LogP contribution is 2.35. The molecule has 176 valence electrons. The Labute approximate surface area is 193 Å². The first-order valence-corrected chi connectivity index (χ1v) is 11.7. The molecule has 5 rings (SSSR count). The van der Waals surface area contributed by atoms with Gasteiger partial charge in [0.25, 0.3) is 0 Å². The molecule has 0 radical (unpaired) electrons. The van der Waals surface area contributed by atoms with Gasteiger partial charge in [-0.05, 0) is 24.3 Å². The molecule has 2 saturated heterocycles. The molecule has 0 aliphatic carbocycles. The van der Waals surface area contributed by atoms with Crippen molar-refractivity contribution in [2.45, 2.75) is 25.5 Å². The van der Waals surface area contributed by atoms with Crippen LogP contribution in [0.2, 0.25) is 0 Å². The van der Waals surface area contributed by atoms with E-state index in [-0.39, 0.29) is 25.1 Å². The zero-order chi connectivity index (χ0) is 22.6. The molecule has 1 atom stereocenters. The number of benzene rings is 1. The van der Waals surface area contributed by atoms with Crippen LogP contribution in [0.3, 0.4) is 0 Å². The number of hydrogen-bond donors (Lipinski definition) is 2. The Morgan fingerprint density at radius 3 is 2.76 bits per heavy atom. The number of morpholine rings is 1. The van der Waals surface area contributed by atoms with Crippen molar-refractivity contribution in [3.63, 3.8) is 0 Å². The first-order chi connectivity index (χ1) is 16.2. The molecule has 3 aliphatic rings. The number of nitrogens with one attached hydrogen (secondary N) is 1. The summed E-state index contributed by atoms with van der Waals surface area (Å²) in [6.07, 6.45) is 3.82. The highest BCUT2D eigenvalue weighted by Gasteiger charge is 2.35. The largest absolute Gasteiger partial charge is 0.392 e. The van der Waals surface area contributed by atoms with Crippen LogP contribution >= 0.6 is 0 Å². The summed E-state index contributed by atoms with van der Waals surface area (Å²) in [7, 11) is 0. The molecular formula is C24H31N5O4. The van der Waals surface area contributed by atoms with Gasteiger partial charge < -0.3 is 29.7 Å². The molecule has 2 aromatic rings. The molecule has 9 nitrogen and oxygen atoms in total. The minimum atomic E-state index is 0.00628. The fourth-order valence-corrected chi connectivity index (χ4v) is 4.72. The van der Waals surface area contributed by atoms with E-state index in [1.807, 2.05) is 30.5 Å². The van der Waals surface area contributed by atoms with Crippen LogP contribution in [0.5, 0.6) is 0 Å². The molecule has 2 fully saturated rings. The number of anilines is 2. The normalized spacial score (nSPS) is 20.8. The fraction of sp³-hybridized carbons (Fsp3) is 0.542. The summed E-state index contributed by atoms with van der Waals surface area (Å²) in [5, 5.41) is 12.4. The van der Waals surface area contributed by atoms with Gasteiger partial charge in [-0.25, -0.2) is 9.97 Å². The van der Waals surface area contributed by atoms with Gasteiger partial charge in [0.2, 0.25) is 5.91 Å². The van der Waals surface area contributed by atoms with Crippen molar-refractivity contribution in [2.24, 2.45) is 5.92 Å². The summed E-state index contributed by atoms with van der Waals surface area (Å²) in [5.74, 6) is 1.99. The number of carbonyl (C=O) groups is 1. The van der Waals surface area contributed by atoms with Gasteiger partial charge in [0.1, 0.15) is 0 Å². The van der Waals surface area contributed by atoms with Crippen LogP contribution in [0.15, 0.2) is 30.5 Å². The van der Waals surface area contributed by atoms with Crippen molar-refractivity contribution >= 4 is 17.4 Å². The number of ether oxygens (including phenoxy) is 2. The highest BCUT2D eigenvalue weighted by molar-refractivity contribution is 5.84. The van der Waals surface area contributed by atoms with Crippen LogP contribution in [0.4, 0.5) is 11.5 Å². The van der Waals surface area contributed by atoms with E-state index in [4.69, 9.17) is 14.5 Å². The summed E-state index contributed by atoms with van der Waals surface area (Å²) >= 11 is 0.